The van der Waals surface area contributed by atoms with E-state index in [-0.39, 0.29) is 30.3 Å². The number of piperidine rings is 1. The number of anilines is 2. The highest BCUT2D eigenvalue weighted by Gasteiger charge is 2.36. The normalized spacial score (nSPS) is 20.9. The molecular formula is C26H32FN3O4. The van der Waals surface area contributed by atoms with E-state index in [1.54, 1.807) is 19.2 Å². The minimum Gasteiger partial charge on any atom is -0.497 e. The van der Waals surface area contributed by atoms with Gasteiger partial charge in [0.1, 0.15) is 23.4 Å². The Hall–Kier alpha value is -3.29. The first-order chi connectivity index (χ1) is 16.4. The summed E-state index contributed by atoms with van der Waals surface area (Å²) in [5.41, 5.74) is 2.38. The van der Waals surface area contributed by atoms with Crippen LogP contribution in [0.25, 0.3) is 0 Å². The van der Waals surface area contributed by atoms with Crippen molar-refractivity contribution in [2.24, 2.45) is 11.0 Å². The number of carbonyl (C=O) groups is 1. The van der Waals surface area contributed by atoms with Crippen LogP contribution in [0.15, 0.2) is 47.6 Å². The molecule has 0 aliphatic carbocycles. The highest BCUT2D eigenvalue weighted by Crippen LogP contribution is 2.34. The minimum atomic E-state index is -0.821. The van der Waals surface area contributed by atoms with Crippen LogP contribution in [-0.4, -0.2) is 49.1 Å². The van der Waals surface area contributed by atoms with Crippen LogP contribution in [0.2, 0.25) is 0 Å². The van der Waals surface area contributed by atoms with Crippen molar-refractivity contribution >= 4 is 23.1 Å². The number of carboxylic acids is 1. The lowest BCUT2D eigenvalue weighted by Crippen LogP contribution is -2.38. The van der Waals surface area contributed by atoms with Gasteiger partial charge in [-0.3, -0.25) is 9.80 Å². The van der Waals surface area contributed by atoms with Gasteiger partial charge >= 0.3 is 5.97 Å². The highest BCUT2D eigenvalue weighted by molar-refractivity contribution is 5.90. The maximum atomic E-state index is 14.3. The fourth-order valence-electron chi connectivity index (χ4n) is 4.94. The Kier molecular flexibility index (Phi) is 7.24. The summed E-state index contributed by atoms with van der Waals surface area (Å²) in [6.45, 7) is 5.42. The molecule has 0 amide bonds. The van der Waals surface area contributed by atoms with Crippen molar-refractivity contribution < 1.29 is 23.8 Å². The lowest BCUT2D eigenvalue weighted by atomic mass is 9.91. The molecule has 0 bridgehead atoms. The van der Waals surface area contributed by atoms with E-state index in [9.17, 15) is 14.3 Å². The molecule has 0 radical (unpaired) electrons. The van der Waals surface area contributed by atoms with Gasteiger partial charge in [0.25, 0.3) is 0 Å². The zero-order valence-electron chi connectivity index (χ0n) is 19.9. The maximum absolute atomic E-state index is 14.3. The van der Waals surface area contributed by atoms with Gasteiger partial charge in [-0.05, 0) is 49.7 Å². The number of benzene rings is 2. The number of halogens is 1. The molecule has 2 heterocycles. The summed E-state index contributed by atoms with van der Waals surface area (Å²) in [6.07, 6.45) is 2.51. The predicted octanol–water partition coefficient (Wildman–Crippen LogP) is 4.95. The number of aliphatic carboxylic acids is 1. The molecule has 1 saturated heterocycles. The summed E-state index contributed by atoms with van der Waals surface area (Å²) < 4.78 is 25.7. The monoisotopic (exact) mass is 469 g/mol. The number of hydrogen-bond acceptors (Lipinski definition) is 6. The summed E-state index contributed by atoms with van der Waals surface area (Å²) in [6, 6.07) is 12.3. The van der Waals surface area contributed by atoms with Crippen molar-refractivity contribution in [1.82, 2.24) is 0 Å². The van der Waals surface area contributed by atoms with Crippen molar-refractivity contribution in [1.29, 1.82) is 0 Å². The zero-order valence-corrected chi connectivity index (χ0v) is 19.9. The number of hydrazone groups is 1. The van der Waals surface area contributed by atoms with Crippen molar-refractivity contribution in [3.63, 3.8) is 0 Å². The maximum Gasteiger partial charge on any atom is 0.305 e. The van der Waals surface area contributed by atoms with Crippen LogP contribution < -0.4 is 19.4 Å². The highest BCUT2D eigenvalue weighted by atomic mass is 19.1. The molecule has 1 N–H and O–H groups in total. The molecule has 4 rings (SSSR count). The van der Waals surface area contributed by atoms with Crippen molar-refractivity contribution in [2.45, 2.75) is 51.7 Å². The van der Waals surface area contributed by atoms with E-state index in [0.717, 1.165) is 36.4 Å². The van der Waals surface area contributed by atoms with Gasteiger partial charge in [0.2, 0.25) is 0 Å². The molecule has 2 aliphatic rings. The zero-order chi connectivity index (χ0) is 24.2. The van der Waals surface area contributed by atoms with Gasteiger partial charge in [-0.1, -0.05) is 6.92 Å². The van der Waals surface area contributed by atoms with Crippen LogP contribution in [0.3, 0.4) is 0 Å². The Balaban J connectivity index is 1.37. The summed E-state index contributed by atoms with van der Waals surface area (Å²) >= 11 is 0. The van der Waals surface area contributed by atoms with Gasteiger partial charge < -0.3 is 19.5 Å². The third-order valence-electron chi connectivity index (χ3n) is 6.74. The Morgan fingerprint density at radius 1 is 1.15 bits per heavy atom. The third kappa shape index (κ3) is 5.11. The first kappa shape index (κ1) is 23.9. The van der Waals surface area contributed by atoms with Crippen LogP contribution in [0.5, 0.6) is 11.5 Å². The smallest absolute Gasteiger partial charge is 0.305 e. The van der Waals surface area contributed by atoms with Crippen molar-refractivity contribution in [3.05, 3.63) is 48.3 Å². The van der Waals surface area contributed by atoms with E-state index in [4.69, 9.17) is 9.47 Å². The predicted molar refractivity (Wildman–Crippen MR) is 131 cm³/mol. The summed E-state index contributed by atoms with van der Waals surface area (Å²) in [5, 5.41) is 15.9. The van der Waals surface area contributed by atoms with Gasteiger partial charge in [0.05, 0.1) is 30.9 Å². The molecule has 0 saturated carbocycles. The summed E-state index contributed by atoms with van der Waals surface area (Å²) in [7, 11) is 1.58. The van der Waals surface area contributed by atoms with Gasteiger partial charge in [-0.25, -0.2) is 4.39 Å². The van der Waals surface area contributed by atoms with Gasteiger partial charge in [-0.2, -0.15) is 5.10 Å². The third-order valence-corrected chi connectivity index (χ3v) is 6.74. The minimum absolute atomic E-state index is 0.0457. The molecule has 2 aromatic carbocycles. The Bertz CT molecular complexity index is 1030. The summed E-state index contributed by atoms with van der Waals surface area (Å²) in [4.78, 5) is 13.4. The molecule has 1 fully saturated rings. The second kappa shape index (κ2) is 10.3. The van der Waals surface area contributed by atoms with Gasteiger partial charge in [-0.15, -0.1) is 0 Å². The number of ether oxygens (including phenoxy) is 2. The van der Waals surface area contributed by atoms with Crippen LogP contribution in [-0.2, 0) is 4.79 Å². The Morgan fingerprint density at radius 3 is 2.44 bits per heavy atom. The molecule has 2 aromatic rings. The molecule has 2 atom stereocenters. The molecule has 2 unspecified atom stereocenters. The average Bonchev–Trinajstić information content (AvgIpc) is 3.14. The van der Waals surface area contributed by atoms with E-state index in [2.05, 4.69) is 12.0 Å². The van der Waals surface area contributed by atoms with Crippen LogP contribution in [0, 0.1) is 11.7 Å². The van der Waals surface area contributed by atoms with Crippen LogP contribution in [0.1, 0.15) is 39.5 Å². The number of hydrogen-bond donors (Lipinski definition) is 1. The molecule has 7 nitrogen and oxygen atoms in total. The SMILES string of the molecule is CCC1C(C)=NN(c2ccc(OC3CCN(c4cc(OC)ccc4F)CC3)cc2)C1CC(=O)O. The quantitative estimate of drug-likeness (QED) is 0.590. The molecule has 2 aliphatic heterocycles. The standard InChI is InChI=1S/C26H32FN3O4/c1-4-22-17(2)28-30(24(22)16-26(31)32)18-5-7-19(8-6-18)34-20-11-13-29(14-12-20)25-15-21(33-3)9-10-23(25)27/h5-10,15,20,22,24H,4,11-14,16H2,1-3H3,(H,31,32). The lowest BCUT2D eigenvalue weighted by molar-refractivity contribution is -0.137. The summed E-state index contributed by atoms with van der Waals surface area (Å²) in [5.74, 6) is 0.465. The van der Waals surface area contributed by atoms with E-state index >= 15 is 0 Å². The molecule has 182 valence electrons. The second-order valence-electron chi connectivity index (χ2n) is 8.88. The van der Waals surface area contributed by atoms with Gasteiger partial charge in [0, 0.05) is 43.6 Å². The van der Waals surface area contributed by atoms with E-state index in [1.807, 2.05) is 41.1 Å². The largest absolute Gasteiger partial charge is 0.497 e. The van der Waals surface area contributed by atoms with Crippen LogP contribution in [0.4, 0.5) is 15.8 Å². The van der Waals surface area contributed by atoms with Crippen molar-refractivity contribution in [3.8, 4) is 11.5 Å². The molecule has 34 heavy (non-hydrogen) atoms. The Morgan fingerprint density at radius 2 is 1.82 bits per heavy atom. The van der Waals surface area contributed by atoms with Gasteiger partial charge in [0.15, 0.2) is 0 Å². The number of nitrogens with zero attached hydrogens (tertiary/aromatic N) is 3. The number of rotatable bonds is 8. The van der Waals surface area contributed by atoms with E-state index in [1.165, 1.54) is 6.07 Å². The van der Waals surface area contributed by atoms with Crippen molar-refractivity contribution in [2.75, 3.05) is 30.1 Å². The average molecular weight is 470 g/mol. The fourth-order valence-corrected chi connectivity index (χ4v) is 4.94. The van der Waals surface area contributed by atoms with E-state index < -0.39 is 5.97 Å². The molecule has 8 heteroatoms. The molecule has 0 aromatic heterocycles. The second-order valence-corrected chi connectivity index (χ2v) is 8.88. The Labute approximate surface area is 199 Å². The first-order valence-corrected chi connectivity index (χ1v) is 11.8. The fraction of sp³-hybridized carbons (Fsp3) is 0.462. The lowest BCUT2D eigenvalue weighted by Gasteiger charge is -2.34. The number of methoxy groups -OCH3 is 1. The molecule has 0 spiro atoms. The van der Waals surface area contributed by atoms with E-state index in [0.29, 0.717) is 24.5 Å². The topological polar surface area (TPSA) is 74.6 Å². The first-order valence-electron chi connectivity index (χ1n) is 11.8. The van der Waals surface area contributed by atoms with Crippen LogP contribution >= 0.6 is 0 Å². The molecular weight excluding hydrogens is 437 g/mol. The number of carboxylic acid groups (broad SMARTS) is 1.